The molecule has 1 aromatic heterocycles. The fourth-order valence-electron chi connectivity index (χ4n) is 2.52. The summed E-state index contributed by atoms with van der Waals surface area (Å²) in [6.07, 6.45) is 5.80. The maximum absolute atomic E-state index is 12.3. The quantitative estimate of drug-likeness (QED) is 0.839. The van der Waals surface area contributed by atoms with Crippen molar-refractivity contribution < 1.29 is 9.90 Å². The van der Waals surface area contributed by atoms with Crippen molar-refractivity contribution in [2.45, 2.75) is 23.5 Å². The van der Waals surface area contributed by atoms with Gasteiger partial charge >= 0.3 is 0 Å². The van der Waals surface area contributed by atoms with Crippen LogP contribution in [0.4, 0.5) is 0 Å². The minimum atomic E-state index is -0.614. The Morgan fingerprint density at radius 2 is 2.28 bits per heavy atom. The molecule has 0 radical (unpaired) electrons. The van der Waals surface area contributed by atoms with Crippen LogP contribution in [0.1, 0.15) is 23.2 Å². The molecule has 96 valence electrons. The van der Waals surface area contributed by atoms with E-state index in [2.05, 4.69) is 4.98 Å². The molecule has 1 aliphatic heterocycles. The van der Waals surface area contributed by atoms with Gasteiger partial charge in [-0.2, -0.15) is 0 Å². The van der Waals surface area contributed by atoms with Crippen molar-refractivity contribution in [3.8, 4) is 0 Å². The van der Waals surface area contributed by atoms with Crippen LogP contribution < -0.4 is 0 Å². The third-order valence-corrected chi connectivity index (χ3v) is 4.46. The first-order valence-corrected chi connectivity index (χ1v) is 7.37. The van der Waals surface area contributed by atoms with Crippen molar-refractivity contribution in [3.05, 3.63) is 23.9 Å². The van der Waals surface area contributed by atoms with Crippen LogP contribution in [0, 0.1) is 5.92 Å². The molecule has 2 aliphatic rings. The second-order valence-electron chi connectivity index (χ2n) is 5.10. The number of likely N-dealkylation sites (tertiary alicyclic amines) is 1. The van der Waals surface area contributed by atoms with E-state index in [0.717, 1.165) is 17.9 Å². The van der Waals surface area contributed by atoms with Gasteiger partial charge in [-0.15, -0.1) is 11.8 Å². The molecule has 0 atom stereocenters. The van der Waals surface area contributed by atoms with E-state index in [1.165, 1.54) is 11.8 Å². The van der Waals surface area contributed by atoms with Crippen LogP contribution >= 0.6 is 11.8 Å². The van der Waals surface area contributed by atoms with Gasteiger partial charge in [0.25, 0.3) is 5.91 Å². The second-order valence-corrected chi connectivity index (χ2v) is 5.89. The van der Waals surface area contributed by atoms with Gasteiger partial charge < -0.3 is 10.0 Å². The molecule has 0 aromatic carbocycles. The average molecular weight is 264 g/mol. The van der Waals surface area contributed by atoms with Gasteiger partial charge in [0.1, 0.15) is 10.6 Å². The number of carbonyl (C=O) groups excluding carboxylic acids is 1. The van der Waals surface area contributed by atoms with Gasteiger partial charge in [0.05, 0.1) is 18.7 Å². The maximum Gasteiger partial charge on any atom is 0.256 e. The lowest BCUT2D eigenvalue weighted by atomic mass is 9.88. The van der Waals surface area contributed by atoms with E-state index in [-0.39, 0.29) is 5.91 Å². The van der Waals surface area contributed by atoms with E-state index in [0.29, 0.717) is 24.6 Å². The molecule has 1 N–H and O–H groups in total. The number of β-amino-alcohol motifs (C(OH)–C–C–N with tert-alkyl or cyclic N) is 1. The fourth-order valence-corrected chi connectivity index (χ4v) is 3.07. The highest BCUT2D eigenvalue weighted by atomic mass is 32.2. The lowest BCUT2D eigenvalue weighted by Crippen LogP contribution is -2.64. The first-order valence-electron chi connectivity index (χ1n) is 6.15. The molecule has 0 unspecified atom stereocenters. The molecular weight excluding hydrogens is 248 g/mol. The zero-order valence-electron chi connectivity index (χ0n) is 10.3. The highest BCUT2D eigenvalue weighted by Crippen LogP contribution is 2.44. The molecule has 1 amide bonds. The fraction of sp³-hybridized carbons (Fsp3) is 0.538. The molecule has 1 saturated carbocycles. The zero-order chi connectivity index (χ0) is 12.8. The van der Waals surface area contributed by atoms with Crippen LogP contribution in [0.15, 0.2) is 23.4 Å². The molecule has 2 heterocycles. The van der Waals surface area contributed by atoms with Crippen molar-refractivity contribution in [2.24, 2.45) is 5.92 Å². The molecule has 1 saturated heterocycles. The predicted molar refractivity (Wildman–Crippen MR) is 69.6 cm³/mol. The van der Waals surface area contributed by atoms with Gasteiger partial charge in [-0.25, -0.2) is 4.98 Å². The third kappa shape index (κ3) is 1.91. The Bertz CT molecular complexity index is 482. The molecule has 0 bridgehead atoms. The van der Waals surface area contributed by atoms with Crippen molar-refractivity contribution in [1.82, 2.24) is 9.88 Å². The number of amides is 1. The lowest BCUT2D eigenvalue weighted by molar-refractivity contribution is -0.0959. The van der Waals surface area contributed by atoms with Crippen molar-refractivity contribution >= 4 is 17.7 Å². The summed E-state index contributed by atoms with van der Waals surface area (Å²) in [4.78, 5) is 18.2. The van der Waals surface area contributed by atoms with Crippen molar-refractivity contribution in [2.75, 3.05) is 19.3 Å². The normalized spacial score (nSPS) is 21.6. The summed E-state index contributed by atoms with van der Waals surface area (Å²) in [5.74, 6) is 0.397. The first-order chi connectivity index (χ1) is 8.64. The molecule has 1 aliphatic carbocycles. The Hall–Kier alpha value is -1.07. The number of hydrogen-bond acceptors (Lipinski definition) is 4. The minimum absolute atomic E-state index is 0.0159. The smallest absolute Gasteiger partial charge is 0.256 e. The summed E-state index contributed by atoms with van der Waals surface area (Å²) in [6.45, 7) is 0.943. The largest absolute Gasteiger partial charge is 0.386 e. The molecule has 18 heavy (non-hydrogen) atoms. The molecule has 0 spiro atoms. The number of nitrogens with zero attached hydrogens (tertiary/aromatic N) is 2. The van der Waals surface area contributed by atoms with Gasteiger partial charge in [0, 0.05) is 6.20 Å². The topological polar surface area (TPSA) is 53.4 Å². The maximum atomic E-state index is 12.3. The lowest BCUT2D eigenvalue weighted by Gasteiger charge is -2.47. The SMILES string of the molecule is CSc1ncccc1C(=O)N1CC(O)(C2CC2)C1. The van der Waals surface area contributed by atoms with Gasteiger partial charge in [-0.1, -0.05) is 0 Å². The summed E-state index contributed by atoms with van der Waals surface area (Å²) >= 11 is 1.47. The first kappa shape index (κ1) is 12.0. The molecule has 5 heteroatoms. The average Bonchev–Trinajstić information content (AvgIpc) is 3.18. The van der Waals surface area contributed by atoms with Crippen LogP contribution in [0.25, 0.3) is 0 Å². The summed E-state index contributed by atoms with van der Waals surface area (Å²) in [5, 5.41) is 11.0. The standard InChI is InChI=1S/C13H16N2O2S/c1-18-11-10(3-2-6-14-11)12(16)15-7-13(17,8-15)9-4-5-9/h2-3,6,9,17H,4-5,7-8H2,1H3. The summed E-state index contributed by atoms with van der Waals surface area (Å²) < 4.78 is 0. The molecule has 1 aromatic rings. The van der Waals surface area contributed by atoms with Gasteiger partial charge in [0.2, 0.25) is 0 Å². The van der Waals surface area contributed by atoms with Crippen LogP contribution in [0.2, 0.25) is 0 Å². The molecule has 4 nitrogen and oxygen atoms in total. The van der Waals surface area contributed by atoms with E-state index < -0.39 is 5.60 Å². The Labute approximate surface area is 110 Å². The number of aromatic nitrogens is 1. The van der Waals surface area contributed by atoms with E-state index in [9.17, 15) is 9.90 Å². The number of thioether (sulfide) groups is 1. The Kier molecular flexibility index (Phi) is 2.83. The Morgan fingerprint density at radius 3 is 2.89 bits per heavy atom. The number of aliphatic hydroxyl groups is 1. The third-order valence-electron chi connectivity index (χ3n) is 3.75. The van der Waals surface area contributed by atoms with Crippen molar-refractivity contribution in [3.63, 3.8) is 0 Å². The van der Waals surface area contributed by atoms with E-state index in [1.54, 1.807) is 23.2 Å². The highest BCUT2D eigenvalue weighted by Gasteiger charge is 2.53. The van der Waals surface area contributed by atoms with Gasteiger partial charge in [-0.3, -0.25) is 4.79 Å². The number of pyridine rings is 1. The number of carbonyl (C=O) groups is 1. The molecule has 3 rings (SSSR count). The van der Waals surface area contributed by atoms with E-state index in [1.807, 2.05) is 6.26 Å². The van der Waals surface area contributed by atoms with Crippen LogP contribution in [0.5, 0.6) is 0 Å². The van der Waals surface area contributed by atoms with E-state index in [4.69, 9.17) is 0 Å². The zero-order valence-corrected chi connectivity index (χ0v) is 11.1. The Morgan fingerprint density at radius 1 is 1.56 bits per heavy atom. The Balaban J connectivity index is 1.72. The van der Waals surface area contributed by atoms with E-state index >= 15 is 0 Å². The number of rotatable bonds is 3. The second kappa shape index (κ2) is 4.24. The minimum Gasteiger partial charge on any atom is -0.386 e. The van der Waals surface area contributed by atoms with Gasteiger partial charge in [0.15, 0.2) is 0 Å². The van der Waals surface area contributed by atoms with Crippen molar-refractivity contribution in [1.29, 1.82) is 0 Å². The van der Waals surface area contributed by atoms with Gasteiger partial charge in [-0.05, 0) is 37.1 Å². The number of hydrogen-bond donors (Lipinski definition) is 1. The molecule has 2 fully saturated rings. The predicted octanol–water partition coefficient (Wildman–Crippen LogP) is 1.40. The van der Waals surface area contributed by atoms with Crippen LogP contribution in [-0.4, -0.2) is 45.8 Å². The summed E-state index contributed by atoms with van der Waals surface area (Å²) in [7, 11) is 0. The summed E-state index contributed by atoms with van der Waals surface area (Å²) in [5.41, 5.74) is 0.0278. The highest BCUT2D eigenvalue weighted by molar-refractivity contribution is 7.98. The monoisotopic (exact) mass is 264 g/mol. The molecular formula is C13H16N2O2S. The summed E-state index contributed by atoms with van der Waals surface area (Å²) in [6, 6.07) is 3.58. The van der Waals surface area contributed by atoms with Crippen LogP contribution in [-0.2, 0) is 0 Å². The van der Waals surface area contributed by atoms with Crippen LogP contribution in [0.3, 0.4) is 0 Å².